The van der Waals surface area contributed by atoms with Crippen LogP contribution in [-0.2, 0) is 0 Å². The zero-order valence-corrected chi connectivity index (χ0v) is 10.1. The summed E-state index contributed by atoms with van der Waals surface area (Å²) < 4.78 is 0. The number of nitrogens with zero attached hydrogens (tertiary/aromatic N) is 1. The van der Waals surface area contributed by atoms with Crippen LogP contribution in [0.5, 0.6) is 0 Å². The van der Waals surface area contributed by atoms with E-state index in [4.69, 9.17) is 5.26 Å². The molecule has 0 atom stereocenters. The molecule has 0 bridgehead atoms. The highest BCUT2D eigenvalue weighted by Gasteiger charge is 2.09. The summed E-state index contributed by atoms with van der Waals surface area (Å²) in [5.74, 6) is 0.575. The molecule has 80 valence electrons. The van der Waals surface area contributed by atoms with Gasteiger partial charge in [0.15, 0.2) is 0 Å². The summed E-state index contributed by atoms with van der Waals surface area (Å²) >= 11 is 0. The molecule has 0 amide bonds. The van der Waals surface area contributed by atoms with Gasteiger partial charge in [0.1, 0.15) is 0 Å². The van der Waals surface area contributed by atoms with Crippen molar-refractivity contribution >= 4 is 0 Å². The summed E-state index contributed by atoms with van der Waals surface area (Å²) in [5, 5.41) is 8.88. The molecule has 1 aliphatic carbocycles. The van der Waals surface area contributed by atoms with Crippen molar-refractivity contribution in [2.45, 2.75) is 40.5 Å². The van der Waals surface area contributed by atoms with E-state index in [-0.39, 0.29) is 0 Å². The average molecular weight is 201 g/mol. The van der Waals surface area contributed by atoms with Gasteiger partial charge in [0.05, 0.1) is 6.07 Å². The molecule has 0 heterocycles. The smallest absolute Gasteiger partial charge is 0.0947 e. The SMILES string of the molecule is CC1=C(/C=C(\C)C(C)C)C=C(C#N)CC1. The number of rotatable bonds is 2. The van der Waals surface area contributed by atoms with E-state index in [0.717, 1.165) is 18.4 Å². The van der Waals surface area contributed by atoms with Crippen LogP contribution in [0.25, 0.3) is 0 Å². The van der Waals surface area contributed by atoms with E-state index < -0.39 is 0 Å². The number of allylic oxidation sites excluding steroid dienone is 6. The molecule has 0 saturated carbocycles. The van der Waals surface area contributed by atoms with Gasteiger partial charge in [-0.3, -0.25) is 0 Å². The van der Waals surface area contributed by atoms with Gasteiger partial charge in [-0.1, -0.05) is 31.1 Å². The van der Waals surface area contributed by atoms with Crippen molar-refractivity contribution in [2.75, 3.05) is 0 Å². The van der Waals surface area contributed by atoms with Crippen LogP contribution >= 0.6 is 0 Å². The molecule has 0 fully saturated rings. The first-order chi connectivity index (χ1) is 7.04. The maximum Gasteiger partial charge on any atom is 0.0947 e. The monoisotopic (exact) mass is 201 g/mol. The molecule has 0 N–H and O–H groups in total. The minimum Gasteiger partial charge on any atom is -0.193 e. The number of hydrogen-bond donors (Lipinski definition) is 0. The summed E-state index contributed by atoms with van der Waals surface area (Å²) in [6, 6.07) is 2.25. The predicted octanol–water partition coefficient (Wildman–Crippen LogP) is 4.15. The van der Waals surface area contributed by atoms with E-state index in [9.17, 15) is 0 Å². The molecular formula is C14H19N. The molecule has 0 unspecified atom stereocenters. The first-order valence-electron chi connectivity index (χ1n) is 5.53. The van der Waals surface area contributed by atoms with Crippen LogP contribution < -0.4 is 0 Å². The Morgan fingerprint density at radius 2 is 2.13 bits per heavy atom. The third kappa shape index (κ3) is 3.09. The van der Waals surface area contributed by atoms with Gasteiger partial charge < -0.3 is 0 Å². The Labute approximate surface area is 92.8 Å². The molecule has 1 aliphatic rings. The predicted molar refractivity (Wildman–Crippen MR) is 64.2 cm³/mol. The average Bonchev–Trinajstić information content (AvgIpc) is 2.21. The maximum absolute atomic E-state index is 8.88. The van der Waals surface area contributed by atoms with Crippen molar-refractivity contribution in [3.8, 4) is 6.07 Å². The molecule has 1 heteroatoms. The summed E-state index contributed by atoms with van der Waals surface area (Å²) in [6.45, 7) is 8.70. The summed E-state index contributed by atoms with van der Waals surface area (Å²) in [7, 11) is 0. The fourth-order valence-electron chi connectivity index (χ4n) is 1.51. The van der Waals surface area contributed by atoms with Crippen LogP contribution in [-0.4, -0.2) is 0 Å². The van der Waals surface area contributed by atoms with Gasteiger partial charge in [-0.15, -0.1) is 0 Å². The first kappa shape index (κ1) is 11.8. The standard InChI is InChI=1S/C14H19N/c1-10(2)12(4)7-14-8-13(9-15)6-5-11(14)3/h7-8,10H,5-6H2,1-4H3/b12-7+. The fraction of sp³-hybridized carbons (Fsp3) is 0.500. The molecule has 0 aromatic heterocycles. The zero-order chi connectivity index (χ0) is 11.4. The molecule has 1 rings (SSSR count). The van der Waals surface area contributed by atoms with Crippen molar-refractivity contribution in [3.63, 3.8) is 0 Å². The number of nitriles is 1. The second-order valence-electron chi connectivity index (χ2n) is 4.56. The Hall–Kier alpha value is -1.29. The second-order valence-corrected chi connectivity index (χ2v) is 4.56. The molecule has 0 aliphatic heterocycles. The molecule has 0 saturated heterocycles. The minimum atomic E-state index is 0.575. The fourth-order valence-corrected chi connectivity index (χ4v) is 1.51. The van der Waals surface area contributed by atoms with Gasteiger partial charge >= 0.3 is 0 Å². The van der Waals surface area contributed by atoms with Crippen molar-refractivity contribution in [1.82, 2.24) is 0 Å². The van der Waals surface area contributed by atoms with E-state index in [1.807, 2.05) is 6.08 Å². The lowest BCUT2D eigenvalue weighted by molar-refractivity contribution is 0.767. The normalized spacial score (nSPS) is 17.9. The molecule has 0 spiro atoms. The number of hydrogen-bond acceptors (Lipinski definition) is 1. The van der Waals surface area contributed by atoms with Crippen molar-refractivity contribution < 1.29 is 0 Å². The van der Waals surface area contributed by atoms with E-state index in [2.05, 4.69) is 39.8 Å². The summed E-state index contributed by atoms with van der Waals surface area (Å²) in [6.07, 6.45) is 6.18. The van der Waals surface area contributed by atoms with E-state index >= 15 is 0 Å². The van der Waals surface area contributed by atoms with Gasteiger partial charge in [0, 0.05) is 5.57 Å². The highest BCUT2D eigenvalue weighted by atomic mass is 14.3. The molecule has 0 aromatic rings. The summed E-state index contributed by atoms with van der Waals surface area (Å²) in [5.41, 5.74) is 4.92. The molecular weight excluding hydrogens is 182 g/mol. The second kappa shape index (κ2) is 4.98. The largest absolute Gasteiger partial charge is 0.193 e. The lowest BCUT2D eigenvalue weighted by Crippen LogP contribution is -1.97. The highest BCUT2D eigenvalue weighted by Crippen LogP contribution is 2.25. The Bertz CT molecular complexity index is 373. The van der Waals surface area contributed by atoms with Gasteiger partial charge in [0.2, 0.25) is 0 Å². The quantitative estimate of drug-likeness (QED) is 0.658. The third-order valence-electron chi connectivity index (χ3n) is 3.03. The van der Waals surface area contributed by atoms with Crippen LogP contribution in [0, 0.1) is 17.2 Å². The van der Waals surface area contributed by atoms with Crippen LogP contribution in [0.2, 0.25) is 0 Å². The van der Waals surface area contributed by atoms with Crippen LogP contribution in [0.1, 0.15) is 40.5 Å². The van der Waals surface area contributed by atoms with Gasteiger partial charge in [0.25, 0.3) is 0 Å². The van der Waals surface area contributed by atoms with Crippen molar-refractivity contribution in [1.29, 1.82) is 5.26 Å². The zero-order valence-electron chi connectivity index (χ0n) is 10.1. The lowest BCUT2D eigenvalue weighted by atomic mass is 9.91. The Morgan fingerprint density at radius 3 is 2.67 bits per heavy atom. The first-order valence-corrected chi connectivity index (χ1v) is 5.53. The van der Waals surface area contributed by atoms with Crippen LogP contribution in [0.4, 0.5) is 0 Å². The molecule has 1 nitrogen and oxygen atoms in total. The van der Waals surface area contributed by atoms with Gasteiger partial charge in [-0.2, -0.15) is 5.26 Å². The van der Waals surface area contributed by atoms with Gasteiger partial charge in [-0.05, 0) is 44.3 Å². The third-order valence-corrected chi connectivity index (χ3v) is 3.03. The Morgan fingerprint density at radius 1 is 1.47 bits per heavy atom. The maximum atomic E-state index is 8.88. The molecule has 0 radical (unpaired) electrons. The highest BCUT2D eigenvalue weighted by molar-refractivity contribution is 5.45. The molecule has 15 heavy (non-hydrogen) atoms. The Kier molecular flexibility index (Phi) is 3.91. The topological polar surface area (TPSA) is 23.8 Å². The van der Waals surface area contributed by atoms with Crippen molar-refractivity contribution in [2.24, 2.45) is 5.92 Å². The van der Waals surface area contributed by atoms with E-state index in [1.54, 1.807) is 0 Å². The van der Waals surface area contributed by atoms with Crippen LogP contribution in [0.15, 0.2) is 34.4 Å². The Balaban J connectivity index is 3.00. The van der Waals surface area contributed by atoms with Crippen LogP contribution in [0.3, 0.4) is 0 Å². The van der Waals surface area contributed by atoms with Crippen molar-refractivity contribution in [3.05, 3.63) is 34.4 Å². The van der Waals surface area contributed by atoms with Gasteiger partial charge in [-0.25, -0.2) is 0 Å². The minimum absolute atomic E-state index is 0.575. The summed E-state index contributed by atoms with van der Waals surface area (Å²) in [4.78, 5) is 0. The van der Waals surface area contributed by atoms with E-state index in [1.165, 1.54) is 16.7 Å². The lowest BCUT2D eigenvalue weighted by Gasteiger charge is -2.13. The van der Waals surface area contributed by atoms with E-state index in [0.29, 0.717) is 5.92 Å². The molecule has 0 aromatic carbocycles.